The average Bonchev–Trinajstić information content (AvgIpc) is 3.53. The molecule has 0 aliphatic rings. The molecule has 0 N–H and O–H groups in total. The quantitative estimate of drug-likeness (QED) is 0.233. The topological polar surface area (TPSA) is 35.6 Å². The number of aromatic nitrogens is 4. The lowest BCUT2D eigenvalue weighted by Gasteiger charge is -2.10. The molecule has 0 aliphatic carbocycles. The Labute approximate surface area is 229 Å². The zero-order valence-electron chi connectivity index (χ0n) is 21.5. The van der Waals surface area contributed by atoms with Gasteiger partial charge in [0.2, 0.25) is 0 Å². The van der Waals surface area contributed by atoms with Crippen LogP contribution in [0.15, 0.2) is 134 Å². The number of fused-ring (bicyclic) bond motifs is 9. The predicted molar refractivity (Wildman–Crippen MR) is 166 cm³/mol. The molecule has 4 heteroatoms. The summed E-state index contributed by atoms with van der Waals surface area (Å²) < 4.78 is 4.64. The van der Waals surface area contributed by atoms with E-state index in [4.69, 9.17) is 9.97 Å². The Bertz CT molecular complexity index is 2390. The first-order valence-corrected chi connectivity index (χ1v) is 13.5. The van der Waals surface area contributed by atoms with Crippen molar-refractivity contribution in [3.63, 3.8) is 0 Å². The van der Waals surface area contributed by atoms with Crippen molar-refractivity contribution in [1.82, 2.24) is 19.1 Å². The second-order valence-corrected chi connectivity index (χ2v) is 10.3. The molecule has 0 spiro atoms. The van der Waals surface area contributed by atoms with Crippen LogP contribution in [0.5, 0.6) is 0 Å². The summed E-state index contributed by atoms with van der Waals surface area (Å²) in [6.07, 6.45) is 1.89. The van der Waals surface area contributed by atoms with Gasteiger partial charge in [-0.05, 0) is 59.3 Å². The first-order valence-electron chi connectivity index (χ1n) is 13.5. The van der Waals surface area contributed by atoms with Gasteiger partial charge in [0.1, 0.15) is 0 Å². The third-order valence-electron chi connectivity index (χ3n) is 8.14. The number of hydrogen-bond donors (Lipinski definition) is 0. The lowest BCUT2D eigenvalue weighted by Crippen LogP contribution is -1.99. The van der Waals surface area contributed by atoms with Crippen molar-refractivity contribution in [2.45, 2.75) is 0 Å². The molecule has 0 unspecified atom stereocenters. The largest absolute Gasteiger partial charge is 0.309 e. The minimum Gasteiger partial charge on any atom is -0.309 e. The number of benzene rings is 6. The van der Waals surface area contributed by atoms with Crippen LogP contribution in [0, 0.1) is 0 Å². The van der Waals surface area contributed by atoms with Crippen LogP contribution in [-0.2, 0) is 0 Å². The maximum Gasteiger partial charge on any atom is 0.156 e. The molecule has 3 aromatic heterocycles. The van der Waals surface area contributed by atoms with E-state index in [0.717, 1.165) is 33.6 Å². The number of hydrogen-bond acceptors (Lipinski definition) is 2. The van der Waals surface area contributed by atoms with E-state index in [-0.39, 0.29) is 0 Å². The minimum atomic E-state index is 0.818. The van der Waals surface area contributed by atoms with Gasteiger partial charge in [-0.1, -0.05) is 78.9 Å². The molecule has 0 atom stereocenters. The molecule has 0 fully saturated rings. The normalized spacial score (nSPS) is 12.0. The van der Waals surface area contributed by atoms with E-state index in [9.17, 15) is 0 Å². The molecule has 4 nitrogen and oxygen atoms in total. The van der Waals surface area contributed by atoms with E-state index >= 15 is 0 Å². The van der Waals surface area contributed by atoms with Gasteiger partial charge in [-0.25, -0.2) is 4.98 Å². The van der Waals surface area contributed by atoms with E-state index in [1.807, 2.05) is 30.5 Å². The summed E-state index contributed by atoms with van der Waals surface area (Å²) in [6, 6.07) is 45.2. The van der Waals surface area contributed by atoms with Gasteiger partial charge in [-0.2, -0.15) is 0 Å². The molecule has 0 radical (unpaired) electrons. The lowest BCUT2D eigenvalue weighted by atomic mass is 10.0. The SMILES string of the molecule is c1ccc2c(c1)ccc1c2c2cc(-n3c4ccccc4c4ccccc43)ccc2n1-c1cnc2ccccc2n1. The van der Waals surface area contributed by atoms with Crippen molar-refractivity contribution < 1.29 is 0 Å². The maximum absolute atomic E-state index is 5.05. The fourth-order valence-corrected chi connectivity index (χ4v) is 6.42. The van der Waals surface area contributed by atoms with Crippen molar-refractivity contribution in [2.24, 2.45) is 0 Å². The molecule has 0 saturated carbocycles. The monoisotopic (exact) mass is 510 g/mol. The second kappa shape index (κ2) is 8.01. The van der Waals surface area contributed by atoms with E-state index in [1.54, 1.807) is 0 Å². The van der Waals surface area contributed by atoms with Crippen molar-refractivity contribution in [3.8, 4) is 11.5 Å². The van der Waals surface area contributed by atoms with Crippen LogP contribution in [0.3, 0.4) is 0 Å². The average molecular weight is 511 g/mol. The maximum atomic E-state index is 5.05. The van der Waals surface area contributed by atoms with Gasteiger partial charge >= 0.3 is 0 Å². The molecular weight excluding hydrogens is 488 g/mol. The van der Waals surface area contributed by atoms with Crippen LogP contribution in [-0.4, -0.2) is 19.1 Å². The Hall–Kier alpha value is -5.48. The fraction of sp³-hybridized carbons (Fsp3) is 0. The summed E-state index contributed by atoms with van der Waals surface area (Å²) in [4.78, 5) is 9.80. The molecule has 3 heterocycles. The van der Waals surface area contributed by atoms with Gasteiger partial charge in [-0.3, -0.25) is 9.55 Å². The Balaban J connectivity index is 1.42. The summed E-state index contributed by atoms with van der Waals surface area (Å²) in [5.41, 5.74) is 7.57. The van der Waals surface area contributed by atoms with Crippen LogP contribution >= 0.6 is 0 Å². The van der Waals surface area contributed by atoms with Gasteiger partial charge in [0.25, 0.3) is 0 Å². The molecule has 9 rings (SSSR count). The van der Waals surface area contributed by atoms with Crippen LogP contribution in [0.1, 0.15) is 0 Å². The molecule has 0 bridgehead atoms. The number of rotatable bonds is 2. The van der Waals surface area contributed by atoms with Crippen LogP contribution in [0.4, 0.5) is 0 Å². The Morgan fingerprint density at radius 1 is 0.450 bits per heavy atom. The third kappa shape index (κ3) is 2.90. The van der Waals surface area contributed by atoms with Crippen LogP contribution < -0.4 is 0 Å². The Morgan fingerprint density at radius 3 is 1.88 bits per heavy atom. The van der Waals surface area contributed by atoms with Crippen molar-refractivity contribution in [1.29, 1.82) is 0 Å². The smallest absolute Gasteiger partial charge is 0.156 e. The number of nitrogens with zero attached hydrogens (tertiary/aromatic N) is 4. The zero-order chi connectivity index (χ0) is 26.2. The third-order valence-corrected chi connectivity index (χ3v) is 8.14. The van der Waals surface area contributed by atoms with Crippen LogP contribution in [0.2, 0.25) is 0 Å². The zero-order valence-corrected chi connectivity index (χ0v) is 21.5. The molecule has 6 aromatic carbocycles. The van der Waals surface area contributed by atoms with E-state index in [1.165, 1.54) is 43.4 Å². The first kappa shape index (κ1) is 21.5. The molecule has 9 aromatic rings. The highest BCUT2D eigenvalue weighted by Crippen LogP contribution is 2.39. The fourth-order valence-electron chi connectivity index (χ4n) is 6.42. The lowest BCUT2D eigenvalue weighted by molar-refractivity contribution is 1.07. The van der Waals surface area contributed by atoms with Crippen molar-refractivity contribution >= 4 is 65.4 Å². The highest BCUT2D eigenvalue weighted by atomic mass is 15.1. The summed E-state index contributed by atoms with van der Waals surface area (Å²) >= 11 is 0. The van der Waals surface area contributed by atoms with Crippen molar-refractivity contribution in [3.05, 3.63) is 134 Å². The molecule has 0 amide bonds. The van der Waals surface area contributed by atoms with Gasteiger partial charge in [0.15, 0.2) is 5.82 Å². The Morgan fingerprint density at radius 2 is 1.07 bits per heavy atom. The van der Waals surface area contributed by atoms with Gasteiger partial charge < -0.3 is 4.57 Å². The first-order chi connectivity index (χ1) is 19.8. The van der Waals surface area contributed by atoms with E-state index < -0.39 is 0 Å². The summed E-state index contributed by atoms with van der Waals surface area (Å²) in [5.74, 6) is 0.818. The molecule has 0 saturated heterocycles. The summed E-state index contributed by atoms with van der Waals surface area (Å²) in [6.45, 7) is 0. The second-order valence-electron chi connectivity index (χ2n) is 10.3. The Kier molecular flexibility index (Phi) is 4.30. The van der Waals surface area contributed by atoms with Gasteiger partial charge in [0.05, 0.1) is 39.3 Å². The highest BCUT2D eigenvalue weighted by Gasteiger charge is 2.18. The summed E-state index contributed by atoms with van der Waals surface area (Å²) in [5, 5.41) is 7.40. The predicted octanol–water partition coefficient (Wildman–Crippen LogP) is 8.98. The molecule has 40 heavy (non-hydrogen) atoms. The van der Waals surface area contributed by atoms with Crippen LogP contribution in [0.25, 0.3) is 76.9 Å². The highest BCUT2D eigenvalue weighted by molar-refractivity contribution is 6.21. The van der Waals surface area contributed by atoms with Gasteiger partial charge in [0, 0.05) is 27.2 Å². The van der Waals surface area contributed by atoms with E-state index in [0.29, 0.717) is 0 Å². The van der Waals surface area contributed by atoms with Crippen molar-refractivity contribution in [2.75, 3.05) is 0 Å². The van der Waals surface area contributed by atoms with Gasteiger partial charge in [-0.15, -0.1) is 0 Å². The molecule has 186 valence electrons. The number of para-hydroxylation sites is 4. The standard InChI is InChI=1S/C36H22N4/c1-2-10-25-23(9-1)17-19-34-36(25)28-21-24(39-31-15-7-3-11-26(31)27-12-4-8-16-32(27)39)18-20-33(28)40(34)35-22-37-29-13-5-6-14-30(29)38-35/h1-22H. The van der Waals surface area contributed by atoms with E-state index in [2.05, 4.69) is 112 Å². The molecular formula is C36H22N4. The molecule has 0 aliphatic heterocycles. The summed E-state index contributed by atoms with van der Waals surface area (Å²) in [7, 11) is 0. The minimum absolute atomic E-state index is 0.818.